The molecule has 0 bridgehead atoms. The molecule has 1 aromatic rings. The van der Waals surface area contributed by atoms with E-state index in [0.717, 1.165) is 12.1 Å². The summed E-state index contributed by atoms with van der Waals surface area (Å²) in [4.78, 5) is 0. The van der Waals surface area contributed by atoms with Crippen molar-refractivity contribution < 1.29 is 19.4 Å². The first kappa shape index (κ1) is 13.7. The van der Waals surface area contributed by atoms with Crippen molar-refractivity contribution in [3.63, 3.8) is 0 Å². The first-order valence-electron chi connectivity index (χ1n) is 5.39. The van der Waals surface area contributed by atoms with Gasteiger partial charge in [0.1, 0.15) is 0 Å². The second-order valence-corrected chi connectivity index (χ2v) is 9.22. The van der Waals surface area contributed by atoms with Gasteiger partial charge in [-0.25, -0.2) is 0 Å². The predicted molar refractivity (Wildman–Crippen MR) is 77.8 cm³/mol. The molecule has 0 atom stereocenters. The Balaban J connectivity index is 0.000000138. The van der Waals surface area contributed by atoms with Gasteiger partial charge in [0, 0.05) is 51.8 Å². The van der Waals surface area contributed by atoms with Gasteiger partial charge in [0.2, 0.25) is 0 Å². The summed E-state index contributed by atoms with van der Waals surface area (Å²) in [6.07, 6.45) is 9.83. The number of hydrogen-bond acceptors (Lipinski definition) is 1. The Morgan fingerprint density at radius 1 is 1.25 bits per heavy atom. The molecule has 16 heavy (non-hydrogen) atoms. The number of rotatable bonds is 2. The van der Waals surface area contributed by atoms with Crippen LogP contribution in [0.3, 0.4) is 0 Å². The molecule has 0 spiro atoms. The zero-order valence-corrected chi connectivity index (χ0v) is 15.6. The van der Waals surface area contributed by atoms with Crippen LogP contribution < -0.4 is 0 Å². The fourth-order valence-corrected chi connectivity index (χ4v) is 3.22. The molecule has 1 heterocycles. The molecule has 3 rings (SSSR count). The van der Waals surface area contributed by atoms with Crippen LogP contribution in [0.2, 0.25) is 0 Å². The number of imidazole rings is 1. The second kappa shape index (κ2) is 5.97. The normalized spacial score (nSPS) is 19.6. The molecule has 0 saturated heterocycles. The van der Waals surface area contributed by atoms with Crippen LogP contribution in [0.25, 0.3) is 0 Å². The maximum absolute atomic E-state index is 2.37. The van der Waals surface area contributed by atoms with E-state index in [4.69, 9.17) is 0 Å². The standard InChI is InChI=1S/C7H10N2.C3H5I2N.Pt/c1-8-4-5-9(6-8)7-2-3-7;4-6(5)3-1-2-3;/h4-5,7H,2-3H2,1H3;3H,1-2H2;. The minimum atomic E-state index is 0.814. The average Bonchev–Trinajstić information content (AvgIpc) is 3.13. The van der Waals surface area contributed by atoms with E-state index in [1.807, 2.05) is 0 Å². The van der Waals surface area contributed by atoms with E-state index in [9.17, 15) is 0 Å². The molecule has 2 aliphatic rings. The van der Waals surface area contributed by atoms with Crippen LogP contribution in [0.15, 0.2) is 12.4 Å². The summed E-state index contributed by atoms with van der Waals surface area (Å²) < 4.78 is 8.05. The third-order valence-corrected chi connectivity index (χ3v) is 5.64. The smallest absolute Gasteiger partial charge is 0.0311 e. The Kier molecular flexibility index (Phi) is 5.13. The van der Waals surface area contributed by atoms with E-state index >= 15 is 0 Å². The van der Waals surface area contributed by atoms with Crippen molar-refractivity contribution in [1.82, 2.24) is 10.5 Å². The zero-order valence-electron chi connectivity index (χ0n) is 9.05. The van der Waals surface area contributed by atoms with E-state index in [-0.39, 0.29) is 0 Å². The van der Waals surface area contributed by atoms with Crippen molar-refractivity contribution in [2.24, 2.45) is 7.05 Å². The van der Waals surface area contributed by atoms with Gasteiger partial charge in [-0.2, -0.15) is 1.33 Å². The molecule has 6 heteroatoms. The molecule has 0 radical (unpaired) electrons. The molecule has 0 unspecified atom stereocenters. The van der Waals surface area contributed by atoms with Crippen LogP contribution in [0, 0.1) is 3.80 Å². The average molecular weight is 626 g/mol. The van der Waals surface area contributed by atoms with Crippen molar-refractivity contribution in [2.45, 2.75) is 37.8 Å². The van der Waals surface area contributed by atoms with Gasteiger partial charge in [-0.05, 0) is 12.8 Å². The van der Waals surface area contributed by atoms with Crippen LogP contribution >= 0.6 is 45.7 Å². The van der Waals surface area contributed by atoms with E-state index in [1.165, 1.54) is 29.5 Å². The largest absolute Gasteiger partial charge is 0.185 e. The molecule has 2 aliphatic carbocycles. The van der Waals surface area contributed by atoms with Crippen molar-refractivity contribution in [2.75, 3.05) is 0 Å². The number of halogens is 2. The number of aryl methyl sites for hydroxylation is 1. The summed E-state index contributed by atoms with van der Waals surface area (Å²) in [6.45, 7) is 0. The molecular formula is C10H15I2N3Pt. The zero-order chi connectivity index (χ0) is 11.7. The van der Waals surface area contributed by atoms with E-state index < -0.39 is 0 Å². The van der Waals surface area contributed by atoms with Crippen LogP contribution in [0.5, 0.6) is 0 Å². The Morgan fingerprint density at radius 2 is 1.88 bits per heavy atom. The van der Waals surface area contributed by atoms with Crippen molar-refractivity contribution in [3.05, 3.63) is 16.2 Å². The minimum absolute atomic E-state index is 0.814. The third-order valence-electron chi connectivity index (χ3n) is 2.68. The summed E-state index contributed by atoms with van der Waals surface area (Å²) in [5.74, 6) is 0. The molecule has 0 aromatic carbocycles. The molecular weight excluding hydrogens is 611 g/mol. The third kappa shape index (κ3) is 3.92. The first-order valence-corrected chi connectivity index (χ1v) is 8.46. The fraction of sp³-hybridized carbons (Fsp3) is 0.700. The minimum Gasteiger partial charge on any atom is -0.185 e. The number of hydrogen-bond donors (Lipinski definition) is 0. The van der Waals surface area contributed by atoms with E-state index in [1.54, 1.807) is 0 Å². The second-order valence-electron chi connectivity index (χ2n) is 4.28. The number of aromatic nitrogens is 2. The summed E-state index contributed by atoms with van der Waals surface area (Å²) >= 11 is 7.00. The van der Waals surface area contributed by atoms with Crippen molar-refractivity contribution >= 4 is 45.7 Å². The van der Waals surface area contributed by atoms with E-state index in [2.05, 4.69) is 95.0 Å². The van der Waals surface area contributed by atoms with Crippen LogP contribution in [0.4, 0.5) is 0 Å². The SMILES string of the molecule is Cn1ccn(C2CC2)[c]1=[Pt].IN(I)C1CC1. The summed E-state index contributed by atoms with van der Waals surface area (Å²) in [6, 6.07) is 1.72. The monoisotopic (exact) mass is 626 g/mol. The van der Waals surface area contributed by atoms with Gasteiger partial charge in [-0.15, -0.1) is 0 Å². The van der Waals surface area contributed by atoms with Crippen LogP contribution in [-0.2, 0) is 26.4 Å². The van der Waals surface area contributed by atoms with Crippen LogP contribution in [0.1, 0.15) is 31.7 Å². The Hall–Kier alpha value is 1.32. The van der Waals surface area contributed by atoms with Crippen molar-refractivity contribution in [3.8, 4) is 0 Å². The molecule has 94 valence electrons. The van der Waals surface area contributed by atoms with Gasteiger partial charge in [0.05, 0.1) is 0 Å². The molecule has 3 nitrogen and oxygen atoms in total. The molecule has 0 amide bonds. The Morgan fingerprint density at radius 3 is 2.12 bits per heavy atom. The predicted octanol–water partition coefficient (Wildman–Crippen LogP) is 3.39. The van der Waals surface area contributed by atoms with Gasteiger partial charge >= 0.3 is 70.6 Å². The number of nitrogens with zero attached hydrogens (tertiary/aromatic N) is 3. The molecule has 2 saturated carbocycles. The Bertz CT molecular complexity index is 404. The van der Waals surface area contributed by atoms with Gasteiger partial charge in [-0.1, -0.05) is 0 Å². The van der Waals surface area contributed by atoms with Gasteiger partial charge < -0.3 is 0 Å². The quantitative estimate of drug-likeness (QED) is 0.363. The van der Waals surface area contributed by atoms with Crippen LogP contribution in [-0.4, -0.2) is 16.5 Å². The van der Waals surface area contributed by atoms with Gasteiger partial charge in [0.15, 0.2) is 0 Å². The summed E-state index contributed by atoms with van der Waals surface area (Å²) in [7, 11) is 2.08. The maximum Gasteiger partial charge on any atom is 0.0311 e. The van der Waals surface area contributed by atoms with Gasteiger partial charge in [-0.3, -0.25) is 0 Å². The summed E-state index contributed by atoms with van der Waals surface area (Å²) in [5.41, 5.74) is 0. The topological polar surface area (TPSA) is 13.1 Å². The Labute approximate surface area is 135 Å². The first-order chi connectivity index (χ1) is 7.59. The van der Waals surface area contributed by atoms with Crippen molar-refractivity contribution in [1.29, 1.82) is 0 Å². The van der Waals surface area contributed by atoms with Gasteiger partial charge in [0.25, 0.3) is 0 Å². The molecule has 0 N–H and O–H groups in total. The maximum atomic E-state index is 2.37. The summed E-state index contributed by atoms with van der Waals surface area (Å²) in [5, 5.41) is 0. The van der Waals surface area contributed by atoms with E-state index in [0.29, 0.717) is 0 Å². The molecule has 2 fully saturated rings. The molecule has 0 aliphatic heterocycles. The fourth-order valence-electron chi connectivity index (χ4n) is 1.35. The molecule has 1 aromatic heterocycles.